The van der Waals surface area contributed by atoms with Crippen molar-refractivity contribution in [2.45, 2.75) is 18.7 Å². The third-order valence-corrected chi connectivity index (χ3v) is 6.91. The fourth-order valence-corrected chi connectivity index (χ4v) is 4.14. The van der Waals surface area contributed by atoms with Crippen LogP contribution in [0.15, 0.2) is 71.6 Å². The van der Waals surface area contributed by atoms with Crippen molar-refractivity contribution in [1.29, 1.82) is 0 Å². The summed E-state index contributed by atoms with van der Waals surface area (Å²) in [5.74, 6) is -0.745. The number of hydrogen-bond donors (Lipinski definition) is 1. The Morgan fingerprint density at radius 1 is 0.839 bits per heavy atom. The predicted molar refractivity (Wildman–Crippen MR) is 121 cm³/mol. The van der Waals surface area contributed by atoms with Gasteiger partial charge in [-0.05, 0) is 43.2 Å². The number of anilines is 1. The standard InChI is InChI=1S/C24H24N2O4S/c1-16-14-19(31(29,30)26(3)4)15-22(17(16)2)25-24(28)21-13-9-8-12-20(21)23(27)18-10-6-5-7-11-18/h5-15H,1-4H3,(H,25,28). The van der Waals surface area contributed by atoms with Crippen LogP contribution in [0.1, 0.15) is 37.4 Å². The molecule has 0 spiro atoms. The molecular formula is C24H24N2O4S. The van der Waals surface area contributed by atoms with Gasteiger partial charge in [0.15, 0.2) is 5.78 Å². The van der Waals surface area contributed by atoms with Gasteiger partial charge in [-0.2, -0.15) is 0 Å². The molecule has 1 amide bonds. The number of sulfonamides is 1. The number of aryl methyl sites for hydroxylation is 1. The number of ketones is 1. The lowest BCUT2D eigenvalue weighted by Gasteiger charge is -2.17. The molecule has 1 N–H and O–H groups in total. The molecule has 0 atom stereocenters. The molecule has 7 heteroatoms. The Balaban J connectivity index is 2.00. The normalized spacial score (nSPS) is 11.4. The van der Waals surface area contributed by atoms with Crippen LogP contribution < -0.4 is 5.32 Å². The van der Waals surface area contributed by atoms with Gasteiger partial charge in [0.05, 0.1) is 10.5 Å². The van der Waals surface area contributed by atoms with Gasteiger partial charge < -0.3 is 5.32 Å². The molecule has 0 aliphatic carbocycles. The van der Waals surface area contributed by atoms with Gasteiger partial charge in [-0.25, -0.2) is 12.7 Å². The molecule has 0 aliphatic heterocycles. The van der Waals surface area contributed by atoms with Crippen LogP contribution in [0.5, 0.6) is 0 Å². The molecule has 0 aromatic heterocycles. The Hall–Kier alpha value is -3.29. The van der Waals surface area contributed by atoms with E-state index in [9.17, 15) is 18.0 Å². The zero-order valence-corrected chi connectivity index (χ0v) is 18.7. The lowest BCUT2D eigenvalue weighted by Crippen LogP contribution is -2.23. The maximum atomic E-state index is 13.1. The van der Waals surface area contributed by atoms with E-state index in [-0.39, 0.29) is 21.8 Å². The van der Waals surface area contributed by atoms with Crippen molar-refractivity contribution < 1.29 is 18.0 Å². The van der Waals surface area contributed by atoms with Crippen LogP contribution >= 0.6 is 0 Å². The summed E-state index contributed by atoms with van der Waals surface area (Å²) >= 11 is 0. The zero-order valence-electron chi connectivity index (χ0n) is 17.8. The van der Waals surface area contributed by atoms with E-state index in [1.165, 1.54) is 20.2 Å². The van der Waals surface area contributed by atoms with E-state index < -0.39 is 15.9 Å². The average molecular weight is 437 g/mol. The van der Waals surface area contributed by atoms with Crippen molar-refractivity contribution in [1.82, 2.24) is 4.31 Å². The summed E-state index contributed by atoms with van der Waals surface area (Å²) in [5, 5.41) is 2.79. The molecule has 0 heterocycles. The summed E-state index contributed by atoms with van der Waals surface area (Å²) in [4.78, 5) is 26.1. The molecule has 0 fully saturated rings. The van der Waals surface area contributed by atoms with Crippen LogP contribution in [-0.2, 0) is 10.0 Å². The first-order valence-corrected chi connectivity index (χ1v) is 11.1. The Morgan fingerprint density at radius 2 is 1.42 bits per heavy atom. The number of carbonyl (C=O) groups excluding carboxylic acids is 2. The highest BCUT2D eigenvalue weighted by Crippen LogP contribution is 2.26. The molecular weight excluding hydrogens is 412 g/mol. The van der Waals surface area contributed by atoms with E-state index in [0.717, 1.165) is 15.4 Å². The Morgan fingerprint density at radius 3 is 2.03 bits per heavy atom. The van der Waals surface area contributed by atoms with Crippen molar-refractivity contribution in [2.75, 3.05) is 19.4 Å². The fourth-order valence-electron chi connectivity index (χ4n) is 3.13. The van der Waals surface area contributed by atoms with Gasteiger partial charge in [-0.15, -0.1) is 0 Å². The number of rotatable bonds is 6. The first-order chi connectivity index (χ1) is 14.6. The molecule has 0 radical (unpaired) electrons. The van der Waals surface area contributed by atoms with Crippen LogP contribution in [0.2, 0.25) is 0 Å². The molecule has 0 unspecified atom stereocenters. The SMILES string of the molecule is Cc1cc(S(=O)(=O)N(C)C)cc(NC(=O)c2ccccc2C(=O)c2ccccc2)c1C. The van der Waals surface area contributed by atoms with Gasteiger partial charge in [-0.3, -0.25) is 9.59 Å². The lowest BCUT2D eigenvalue weighted by atomic mass is 9.97. The third-order valence-electron chi connectivity index (χ3n) is 5.12. The van der Waals surface area contributed by atoms with Crippen LogP contribution in [0, 0.1) is 13.8 Å². The molecule has 160 valence electrons. The molecule has 3 aromatic carbocycles. The molecule has 0 saturated heterocycles. The summed E-state index contributed by atoms with van der Waals surface area (Å²) in [6, 6.07) is 18.3. The van der Waals surface area contributed by atoms with Crippen LogP contribution in [0.25, 0.3) is 0 Å². The largest absolute Gasteiger partial charge is 0.322 e. The summed E-state index contributed by atoms with van der Waals surface area (Å²) in [7, 11) is -0.764. The molecule has 3 aromatic rings. The number of hydrogen-bond acceptors (Lipinski definition) is 4. The molecule has 0 aliphatic rings. The number of carbonyl (C=O) groups is 2. The van der Waals surface area contributed by atoms with Crippen molar-refractivity contribution in [3.8, 4) is 0 Å². The van der Waals surface area contributed by atoms with Gasteiger partial charge in [0, 0.05) is 30.9 Å². The van der Waals surface area contributed by atoms with Gasteiger partial charge in [0.25, 0.3) is 5.91 Å². The summed E-state index contributed by atoms with van der Waals surface area (Å²) in [6.07, 6.45) is 0. The number of benzene rings is 3. The Labute approximate surface area is 182 Å². The highest BCUT2D eigenvalue weighted by molar-refractivity contribution is 7.89. The van der Waals surface area contributed by atoms with Gasteiger partial charge in [-0.1, -0.05) is 48.5 Å². The Bertz CT molecular complexity index is 1250. The first-order valence-electron chi connectivity index (χ1n) is 9.67. The smallest absolute Gasteiger partial charge is 0.256 e. The topological polar surface area (TPSA) is 83.6 Å². The molecule has 0 saturated carbocycles. The molecule has 0 bridgehead atoms. The summed E-state index contributed by atoms with van der Waals surface area (Å²) in [5.41, 5.74) is 2.83. The quantitative estimate of drug-likeness (QED) is 0.591. The minimum absolute atomic E-state index is 0.0875. The third kappa shape index (κ3) is 4.57. The van der Waals surface area contributed by atoms with E-state index in [1.807, 2.05) is 6.07 Å². The second kappa shape index (κ2) is 8.83. The second-order valence-corrected chi connectivity index (χ2v) is 9.55. The van der Waals surface area contributed by atoms with Crippen molar-refractivity contribution in [2.24, 2.45) is 0 Å². The van der Waals surface area contributed by atoms with Crippen LogP contribution in [0.3, 0.4) is 0 Å². The minimum atomic E-state index is -3.67. The second-order valence-electron chi connectivity index (χ2n) is 7.40. The molecule has 6 nitrogen and oxygen atoms in total. The fraction of sp³-hybridized carbons (Fsp3) is 0.167. The average Bonchev–Trinajstić information content (AvgIpc) is 2.76. The van der Waals surface area contributed by atoms with Crippen molar-refractivity contribution >= 4 is 27.4 Å². The van der Waals surface area contributed by atoms with Gasteiger partial charge in [0.1, 0.15) is 0 Å². The zero-order chi connectivity index (χ0) is 22.8. The maximum absolute atomic E-state index is 13.1. The Kier molecular flexibility index (Phi) is 6.38. The van der Waals surface area contributed by atoms with Crippen LogP contribution in [-0.4, -0.2) is 38.5 Å². The highest BCUT2D eigenvalue weighted by Gasteiger charge is 2.22. The first kappa shape index (κ1) is 22.4. The summed E-state index contributed by atoms with van der Waals surface area (Å²) < 4.78 is 26.3. The van der Waals surface area contributed by atoms with E-state index in [2.05, 4.69) is 5.32 Å². The van der Waals surface area contributed by atoms with E-state index in [4.69, 9.17) is 0 Å². The predicted octanol–water partition coefficient (Wildman–Crippen LogP) is 4.04. The van der Waals surface area contributed by atoms with Crippen LogP contribution in [0.4, 0.5) is 5.69 Å². The van der Waals surface area contributed by atoms with E-state index in [0.29, 0.717) is 11.3 Å². The van der Waals surface area contributed by atoms with Crippen molar-refractivity contribution in [3.63, 3.8) is 0 Å². The maximum Gasteiger partial charge on any atom is 0.256 e. The number of amides is 1. The highest BCUT2D eigenvalue weighted by atomic mass is 32.2. The summed E-state index contributed by atoms with van der Waals surface area (Å²) in [6.45, 7) is 3.59. The van der Waals surface area contributed by atoms with Crippen molar-refractivity contribution in [3.05, 3.63) is 94.5 Å². The molecule has 31 heavy (non-hydrogen) atoms. The number of nitrogens with zero attached hydrogens (tertiary/aromatic N) is 1. The molecule has 3 rings (SSSR count). The lowest BCUT2D eigenvalue weighted by molar-refractivity contribution is 0.0996. The van der Waals surface area contributed by atoms with Gasteiger partial charge in [0.2, 0.25) is 10.0 Å². The monoisotopic (exact) mass is 436 g/mol. The number of nitrogens with one attached hydrogen (secondary N) is 1. The minimum Gasteiger partial charge on any atom is -0.322 e. The van der Waals surface area contributed by atoms with Gasteiger partial charge >= 0.3 is 0 Å². The van der Waals surface area contributed by atoms with E-state index >= 15 is 0 Å². The van der Waals surface area contributed by atoms with E-state index in [1.54, 1.807) is 68.4 Å².